The Morgan fingerprint density at radius 2 is 1.70 bits per heavy atom. The molecule has 12 heteroatoms. The van der Waals surface area contributed by atoms with Gasteiger partial charge in [0.25, 0.3) is 5.78 Å². The van der Waals surface area contributed by atoms with E-state index in [0.29, 0.717) is 58.3 Å². The van der Waals surface area contributed by atoms with Crippen LogP contribution in [0.2, 0.25) is 0 Å². The maximum atomic E-state index is 13.7. The number of thioether (sulfide) groups is 1. The number of amides is 1. The number of Topliss-reactive ketones (excluding diaryl/α,β-unsaturated/α-hetero) is 1. The predicted octanol–water partition coefficient (Wildman–Crippen LogP) is 6.95. The maximum absolute atomic E-state index is 13.7. The van der Waals surface area contributed by atoms with Gasteiger partial charge in [0.15, 0.2) is 15.8 Å². The number of hydrogen-bond acceptors (Lipinski definition) is 10. The summed E-state index contributed by atoms with van der Waals surface area (Å²) < 4.78 is 31.3. The van der Waals surface area contributed by atoms with Crippen molar-refractivity contribution in [2.75, 3.05) is 18.1 Å². The van der Waals surface area contributed by atoms with Gasteiger partial charge < -0.3 is 19.3 Å². The fourth-order valence-corrected chi connectivity index (χ4v) is 7.11. The van der Waals surface area contributed by atoms with Gasteiger partial charge in [-0.05, 0) is 59.2 Å². The number of anilines is 1. The number of carbonyl (C=O) groups excluding carboxylic acids is 2. The molecular weight excluding hydrogens is 642 g/mol. The third-order valence-electron chi connectivity index (χ3n) is 7.56. The smallest absolute Gasteiger partial charge is 0.301 e. The Bertz CT molecular complexity index is 1980. The lowest BCUT2D eigenvalue weighted by Gasteiger charge is -2.23. The summed E-state index contributed by atoms with van der Waals surface area (Å²) in [4.78, 5) is 28.7. The molecule has 7 rings (SSSR count). The third kappa shape index (κ3) is 6.42. The molecule has 9 nitrogen and oxygen atoms in total. The summed E-state index contributed by atoms with van der Waals surface area (Å²) in [6.45, 7) is 1.06. The van der Waals surface area contributed by atoms with Crippen LogP contribution in [0.15, 0.2) is 107 Å². The van der Waals surface area contributed by atoms with E-state index in [1.165, 1.54) is 28.8 Å². The van der Waals surface area contributed by atoms with Crippen LogP contribution in [-0.4, -0.2) is 40.2 Å². The topological polar surface area (TPSA) is 111 Å². The van der Waals surface area contributed by atoms with E-state index in [2.05, 4.69) is 10.2 Å². The highest BCUT2D eigenvalue weighted by Crippen LogP contribution is 2.45. The van der Waals surface area contributed by atoms with E-state index in [1.54, 1.807) is 54.6 Å². The van der Waals surface area contributed by atoms with Gasteiger partial charge >= 0.3 is 5.91 Å². The highest BCUT2D eigenvalue weighted by molar-refractivity contribution is 8.00. The number of carbonyl (C=O) groups is 2. The van der Waals surface area contributed by atoms with E-state index in [4.69, 9.17) is 14.2 Å². The molecule has 1 unspecified atom stereocenters. The predicted molar refractivity (Wildman–Crippen MR) is 175 cm³/mol. The molecule has 0 aliphatic carbocycles. The van der Waals surface area contributed by atoms with E-state index in [0.717, 1.165) is 22.5 Å². The van der Waals surface area contributed by atoms with Gasteiger partial charge in [-0.1, -0.05) is 77.7 Å². The van der Waals surface area contributed by atoms with Crippen LogP contribution in [0.5, 0.6) is 17.2 Å². The molecule has 0 bridgehead atoms. The Morgan fingerprint density at radius 3 is 2.51 bits per heavy atom. The van der Waals surface area contributed by atoms with Gasteiger partial charge in [0.05, 0.1) is 11.6 Å². The van der Waals surface area contributed by atoms with E-state index >= 15 is 0 Å². The van der Waals surface area contributed by atoms with Crippen molar-refractivity contribution >= 4 is 45.7 Å². The van der Waals surface area contributed by atoms with Gasteiger partial charge in [-0.15, -0.1) is 10.2 Å². The summed E-state index contributed by atoms with van der Waals surface area (Å²) in [5.41, 5.74) is 2.58. The fraction of sp³-hybridized carbons (Fsp3) is 0.143. The number of halogens is 1. The van der Waals surface area contributed by atoms with Crippen LogP contribution in [0.4, 0.5) is 9.52 Å². The van der Waals surface area contributed by atoms with Crippen molar-refractivity contribution in [1.29, 1.82) is 0 Å². The highest BCUT2D eigenvalue weighted by atomic mass is 32.2. The standard InChI is InChI=1S/C35H26FN3O6S2/c36-25-12-9-22(10-13-25)20-46-35-38-37-34(47-35)39-30(23-7-4-8-26(17-23)45-19-21-5-2-1-3-6-21)29(32(41)33(39)42)31(40)24-11-14-27-28(18-24)44-16-15-43-27/h1-14,17-18,30,40H,15-16,19-20H2/b31-29+. The first-order valence-corrected chi connectivity index (χ1v) is 16.4. The second-order valence-corrected chi connectivity index (χ2v) is 12.8. The molecule has 4 aromatic carbocycles. The van der Waals surface area contributed by atoms with E-state index < -0.39 is 17.7 Å². The monoisotopic (exact) mass is 667 g/mol. The molecule has 5 aromatic rings. The van der Waals surface area contributed by atoms with Gasteiger partial charge in [0.2, 0.25) is 5.13 Å². The number of ether oxygens (including phenoxy) is 3. The molecule has 3 heterocycles. The number of hydrogen-bond donors (Lipinski definition) is 1. The second-order valence-electron chi connectivity index (χ2n) is 10.6. The molecule has 0 saturated carbocycles. The molecule has 1 N–H and O–H groups in total. The quantitative estimate of drug-likeness (QED) is 0.0587. The lowest BCUT2D eigenvalue weighted by Crippen LogP contribution is -2.29. The molecule has 2 aliphatic heterocycles. The lowest BCUT2D eigenvalue weighted by atomic mass is 9.95. The fourth-order valence-electron chi connectivity index (χ4n) is 5.29. The molecule has 0 spiro atoms. The first-order chi connectivity index (χ1) is 22.9. The van der Waals surface area contributed by atoms with Crippen molar-refractivity contribution < 1.29 is 33.3 Å². The molecule has 236 valence electrons. The summed E-state index contributed by atoms with van der Waals surface area (Å²) in [6.07, 6.45) is 0. The lowest BCUT2D eigenvalue weighted by molar-refractivity contribution is -0.132. The summed E-state index contributed by atoms with van der Waals surface area (Å²) in [6, 6.07) is 26.7. The Kier molecular flexibility index (Phi) is 8.60. The van der Waals surface area contributed by atoms with Crippen molar-refractivity contribution in [3.8, 4) is 17.2 Å². The Balaban J connectivity index is 1.25. The van der Waals surface area contributed by atoms with Gasteiger partial charge in [0.1, 0.15) is 37.1 Å². The Labute approximate surface area is 277 Å². The van der Waals surface area contributed by atoms with E-state index in [9.17, 15) is 19.1 Å². The average Bonchev–Trinajstić information content (AvgIpc) is 3.68. The molecule has 2 aliphatic rings. The minimum Gasteiger partial charge on any atom is -0.507 e. The Hall–Kier alpha value is -5.20. The van der Waals surface area contributed by atoms with Crippen LogP contribution in [0.25, 0.3) is 5.76 Å². The van der Waals surface area contributed by atoms with Gasteiger partial charge in [-0.25, -0.2) is 4.39 Å². The average molecular weight is 668 g/mol. The Morgan fingerprint density at radius 1 is 0.915 bits per heavy atom. The van der Waals surface area contributed by atoms with Crippen molar-refractivity contribution in [3.05, 3.63) is 131 Å². The molecule has 1 fully saturated rings. The molecule has 1 amide bonds. The number of aliphatic hydroxyl groups is 1. The summed E-state index contributed by atoms with van der Waals surface area (Å²) in [5.74, 6) is -0.435. The van der Waals surface area contributed by atoms with Crippen molar-refractivity contribution in [2.45, 2.75) is 22.7 Å². The first-order valence-electron chi connectivity index (χ1n) is 14.6. The van der Waals surface area contributed by atoms with Gasteiger partial charge in [-0.3, -0.25) is 14.5 Å². The molecule has 1 atom stereocenters. The van der Waals surface area contributed by atoms with Crippen LogP contribution < -0.4 is 19.1 Å². The first kappa shape index (κ1) is 30.5. The van der Waals surface area contributed by atoms with Crippen molar-refractivity contribution in [2.24, 2.45) is 0 Å². The molecule has 0 radical (unpaired) electrons. The second kappa shape index (κ2) is 13.3. The van der Waals surface area contributed by atoms with Gasteiger partial charge in [0, 0.05) is 11.3 Å². The number of aromatic nitrogens is 2. The summed E-state index contributed by atoms with van der Waals surface area (Å²) in [5, 5.41) is 20.4. The van der Waals surface area contributed by atoms with Crippen molar-refractivity contribution in [1.82, 2.24) is 10.2 Å². The number of benzene rings is 4. The number of ketones is 1. The van der Waals surface area contributed by atoms with Crippen LogP contribution >= 0.6 is 23.1 Å². The largest absolute Gasteiger partial charge is 0.507 e. The minimum atomic E-state index is -1.04. The molecule has 1 aromatic heterocycles. The third-order valence-corrected chi connectivity index (χ3v) is 9.69. The minimum absolute atomic E-state index is 0.109. The molecular formula is C35H26FN3O6S2. The van der Waals surface area contributed by atoms with Crippen LogP contribution in [0.3, 0.4) is 0 Å². The molecule has 47 heavy (non-hydrogen) atoms. The SMILES string of the molecule is O=C1C(=O)N(c2nnc(SCc3ccc(F)cc3)s2)C(c2cccc(OCc3ccccc3)c2)/C1=C(\O)c1ccc2c(c1)OCCO2. The van der Waals surface area contributed by atoms with Crippen LogP contribution in [-0.2, 0) is 21.9 Å². The zero-order valence-electron chi connectivity index (χ0n) is 24.7. The number of nitrogens with zero attached hydrogens (tertiary/aromatic N) is 3. The van der Waals surface area contributed by atoms with Crippen LogP contribution in [0, 0.1) is 5.82 Å². The zero-order chi connectivity index (χ0) is 32.3. The number of rotatable bonds is 9. The van der Waals surface area contributed by atoms with E-state index in [-0.39, 0.29) is 22.3 Å². The van der Waals surface area contributed by atoms with Crippen molar-refractivity contribution in [3.63, 3.8) is 0 Å². The molecule has 1 saturated heterocycles. The van der Waals surface area contributed by atoms with Crippen LogP contribution in [0.1, 0.15) is 28.3 Å². The number of aliphatic hydroxyl groups excluding tert-OH is 1. The summed E-state index contributed by atoms with van der Waals surface area (Å²) in [7, 11) is 0. The number of fused-ring (bicyclic) bond motifs is 1. The summed E-state index contributed by atoms with van der Waals surface area (Å²) >= 11 is 2.52. The normalized spacial score (nSPS) is 16.8. The maximum Gasteiger partial charge on any atom is 0.301 e. The highest BCUT2D eigenvalue weighted by Gasteiger charge is 2.48. The van der Waals surface area contributed by atoms with E-state index in [1.807, 2.05) is 30.3 Å². The zero-order valence-corrected chi connectivity index (χ0v) is 26.3. The van der Waals surface area contributed by atoms with Gasteiger partial charge in [-0.2, -0.15) is 0 Å².